The Morgan fingerprint density at radius 3 is 2.54 bits per heavy atom. The maximum Gasteiger partial charge on any atom is 0.168 e. The van der Waals surface area contributed by atoms with Crippen LogP contribution in [-0.2, 0) is 0 Å². The number of nitrogen functional groups attached to an aromatic ring is 2. The number of hydrogen-bond donors (Lipinski definition) is 3. The number of pyridine rings is 1. The molecule has 0 fully saturated rings. The molecule has 0 atom stereocenters. The van der Waals surface area contributed by atoms with Crippen molar-refractivity contribution in [2.45, 2.75) is 19.9 Å². The van der Waals surface area contributed by atoms with Gasteiger partial charge < -0.3 is 11.5 Å². The van der Waals surface area contributed by atoms with Crippen molar-refractivity contribution in [3.05, 3.63) is 12.3 Å². The molecule has 0 aliphatic carbocycles. The third-order valence-corrected chi connectivity index (χ3v) is 1.80. The maximum absolute atomic E-state index is 5.74. The zero-order chi connectivity index (χ0) is 10.0. The van der Waals surface area contributed by atoms with Crippen molar-refractivity contribution in [2.75, 3.05) is 16.5 Å². The van der Waals surface area contributed by atoms with Crippen LogP contribution in [0.5, 0.6) is 0 Å². The average Bonchev–Trinajstić information content (AvgIpc) is 2.08. The summed E-state index contributed by atoms with van der Waals surface area (Å²) in [6.45, 7) is 3.90. The highest BCUT2D eigenvalue weighted by Gasteiger charge is 2.11. The predicted molar refractivity (Wildman–Crippen MR) is 54.9 cm³/mol. The predicted octanol–water partition coefficient (Wildman–Crippen LogP) is 0.335. The highest BCUT2D eigenvalue weighted by molar-refractivity contribution is 5.75. The third kappa shape index (κ3) is 1.81. The largest absolute Gasteiger partial charge is 0.397 e. The SMILES string of the molecule is CC(C)N(N)c1nccc(N)c1N. The van der Waals surface area contributed by atoms with Crippen molar-refractivity contribution >= 4 is 17.2 Å². The first kappa shape index (κ1) is 9.60. The molecule has 5 nitrogen and oxygen atoms in total. The van der Waals surface area contributed by atoms with E-state index in [2.05, 4.69) is 4.98 Å². The molecular formula is C8H15N5. The molecule has 0 spiro atoms. The van der Waals surface area contributed by atoms with Gasteiger partial charge in [0.25, 0.3) is 0 Å². The number of hydrogen-bond acceptors (Lipinski definition) is 5. The van der Waals surface area contributed by atoms with E-state index in [1.807, 2.05) is 13.8 Å². The lowest BCUT2D eigenvalue weighted by atomic mass is 10.3. The summed E-state index contributed by atoms with van der Waals surface area (Å²) in [4.78, 5) is 4.06. The van der Waals surface area contributed by atoms with Gasteiger partial charge in [-0.2, -0.15) is 0 Å². The van der Waals surface area contributed by atoms with Crippen molar-refractivity contribution in [3.63, 3.8) is 0 Å². The van der Waals surface area contributed by atoms with Gasteiger partial charge in [-0.25, -0.2) is 10.8 Å². The summed E-state index contributed by atoms with van der Waals surface area (Å²) in [6, 6.07) is 1.78. The number of nitrogens with zero attached hydrogens (tertiary/aromatic N) is 2. The molecule has 6 N–H and O–H groups in total. The van der Waals surface area contributed by atoms with Crippen LogP contribution in [0.1, 0.15) is 13.8 Å². The Labute approximate surface area is 77.5 Å². The molecule has 0 aliphatic heterocycles. The molecular weight excluding hydrogens is 166 g/mol. The van der Waals surface area contributed by atoms with Crippen LogP contribution in [-0.4, -0.2) is 11.0 Å². The number of nitrogens with two attached hydrogens (primary N) is 3. The van der Waals surface area contributed by atoms with Crippen LogP contribution in [0.3, 0.4) is 0 Å². The first-order valence-electron chi connectivity index (χ1n) is 4.08. The van der Waals surface area contributed by atoms with E-state index in [4.69, 9.17) is 17.3 Å². The van der Waals surface area contributed by atoms with E-state index in [0.717, 1.165) is 0 Å². The summed E-state index contributed by atoms with van der Waals surface area (Å²) in [5.74, 6) is 6.27. The molecule has 1 heterocycles. The fourth-order valence-corrected chi connectivity index (χ4v) is 0.927. The average molecular weight is 181 g/mol. The van der Waals surface area contributed by atoms with Gasteiger partial charge in [-0.05, 0) is 19.9 Å². The summed E-state index contributed by atoms with van der Waals surface area (Å²) in [5, 5.41) is 1.49. The van der Waals surface area contributed by atoms with Crippen molar-refractivity contribution < 1.29 is 0 Å². The molecule has 72 valence electrons. The van der Waals surface area contributed by atoms with Gasteiger partial charge in [0, 0.05) is 12.2 Å². The fourth-order valence-electron chi connectivity index (χ4n) is 0.927. The van der Waals surface area contributed by atoms with Crippen LogP contribution in [0.25, 0.3) is 0 Å². The van der Waals surface area contributed by atoms with Crippen LogP contribution in [0.15, 0.2) is 12.3 Å². The second-order valence-electron chi connectivity index (χ2n) is 3.14. The number of rotatable bonds is 2. The van der Waals surface area contributed by atoms with E-state index >= 15 is 0 Å². The normalized spacial score (nSPS) is 10.5. The van der Waals surface area contributed by atoms with E-state index in [-0.39, 0.29) is 6.04 Å². The molecule has 1 aromatic heterocycles. The minimum absolute atomic E-state index is 0.136. The standard InChI is InChI=1S/C8H15N5/c1-5(2)13(11)8-7(10)6(9)3-4-12-8/h3-5H,10-11H2,1-2H3,(H2,9,12). The van der Waals surface area contributed by atoms with Gasteiger partial charge in [-0.3, -0.25) is 5.01 Å². The van der Waals surface area contributed by atoms with Crippen molar-refractivity contribution in [1.29, 1.82) is 0 Å². The molecule has 1 rings (SSSR count). The lowest BCUT2D eigenvalue weighted by Gasteiger charge is -2.23. The molecule has 0 saturated heterocycles. The number of aromatic nitrogens is 1. The van der Waals surface area contributed by atoms with Crippen LogP contribution in [0, 0.1) is 0 Å². The van der Waals surface area contributed by atoms with E-state index in [9.17, 15) is 0 Å². The second-order valence-corrected chi connectivity index (χ2v) is 3.14. The summed E-state index contributed by atoms with van der Waals surface area (Å²) < 4.78 is 0. The summed E-state index contributed by atoms with van der Waals surface area (Å²) in [5.41, 5.74) is 12.3. The lowest BCUT2D eigenvalue weighted by molar-refractivity contribution is 0.702. The smallest absolute Gasteiger partial charge is 0.168 e. The first-order chi connectivity index (χ1) is 6.04. The molecule has 0 aliphatic rings. The van der Waals surface area contributed by atoms with E-state index in [1.54, 1.807) is 12.3 Å². The van der Waals surface area contributed by atoms with Crippen LogP contribution in [0.2, 0.25) is 0 Å². The molecule has 13 heavy (non-hydrogen) atoms. The second kappa shape index (κ2) is 3.49. The molecule has 0 amide bonds. The van der Waals surface area contributed by atoms with Gasteiger partial charge in [0.05, 0.1) is 11.4 Å². The topological polar surface area (TPSA) is 94.2 Å². The van der Waals surface area contributed by atoms with Gasteiger partial charge in [0.2, 0.25) is 0 Å². The van der Waals surface area contributed by atoms with Gasteiger partial charge in [-0.1, -0.05) is 0 Å². The molecule has 0 bridgehead atoms. The van der Waals surface area contributed by atoms with E-state index in [1.165, 1.54) is 5.01 Å². The van der Waals surface area contributed by atoms with E-state index in [0.29, 0.717) is 17.2 Å². The lowest BCUT2D eigenvalue weighted by Crippen LogP contribution is -2.38. The van der Waals surface area contributed by atoms with Crippen molar-refractivity contribution in [1.82, 2.24) is 4.98 Å². The van der Waals surface area contributed by atoms with Crippen molar-refractivity contribution in [3.8, 4) is 0 Å². The van der Waals surface area contributed by atoms with Gasteiger partial charge in [0.1, 0.15) is 0 Å². The van der Waals surface area contributed by atoms with Gasteiger partial charge in [0.15, 0.2) is 5.82 Å². The van der Waals surface area contributed by atoms with Crippen LogP contribution >= 0.6 is 0 Å². The Balaban J connectivity index is 3.07. The van der Waals surface area contributed by atoms with Crippen LogP contribution in [0.4, 0.5) is 17.2 Å². The quantitative estimate of drug-likeness (QED) is 0.451. The highest BCUT2D eigenvalue weighted by atomic mass is 15.4. The zero-order valence-corrected chi connectivity index (χ0v) is 7.86. The summed E-state index contributed by atoms with van der Waals surface area (Å²) in [6.07, 6.45) is 1.59. The monoisotopic (exact) mass is 181 g/mol. The number of anilines is 3. The Morgan fingerprint density at radius 2 is 2.00 bits per heavy atom. The minimum Gasteiger partial charge on any atom is -0.397 e. The maximum atomic E-state index is 5.74. The molecule has 0 unspecified atom stereocenters. The first-order valence-corrected chi connectivity index (χ1v) is 4.08. The molecule has 5 heteroatoms. The third-order valence-electron chi connectivity index (χ3n) is 1.80. The Kier molecular flexibility index (Phi) is 2.57. The Hall–Kier alpha value is -1.49. The molecule has 0 radical (unpaired) electrons. The summed E-state index contributed by atoms with van der Waals surface area (Å²) >= 11 is 0. The Bertz CT molecular complexity index is 297. The van der Waals surface area contributed by atoms with Gasteiger partial charge in [-0.15, -0.1) is 0 Å². The van der Waals surface area contributed by atoms with E-state index < -0.39 is 0 Å². The number of hydrazine groups is 1. The molecule has 0 saturated carbocycles. The molecule has 1 aromatic rings. The van der Waals surface area contributed by atoms with Crippen LogP contribution < -0.4 is 22.3 Å². The zero-order valence-electron chi connectivity index (χ0n) is 7.86. The molecule has 0 aromatic carbocycles. The van der Waals surface area contributed by atoms with Crippen molar-refractivity contribution in [2.24, 2.45) is 5.84 Å². The Morgan fingerprint density at radius 1 is 1.38 bits per heavy atom. The summed E-state index contributed by atoms with van der Waals surface area (Å²) in [7, 11) is 0. The fraction of sp³-hybridized carbons (Fsp3) is 0.375. The van der Waals surface area contributed by atoms with Gasteiger partial charge >= 0.3 is 0 Å². The highest BCUT2D eigenvalue weighted by Crippen LogP contribution is 2.24. The minimum atomic E-state index is 0.136.